The molecule has 2 rings (SSSR count). The van der Waals surface area contributed by atoms with Crippen LogP contribution in [0.15, 0.2) is 27.6 Å². The van der Waals surface area contributed by atoms with Gasteiger partial charge in [0.15, 0.2) is 11.9 Å². The Labute approximate surface area is 169 Å². The van der Waals surface area contributed by atoms with E-state index in [0.29, 0.717) is 5.69 Å². The zero-order chi connectivity index (χ0) is 21.9. The largest absolute Gasteiger partial charge is 0.451 e. The molecule has 0 bridgehead atoms. The lowest BCUT2D eigenvalue weighted by molar-refractivity contribution is -0.154. The molecule has 10 heteroatoms. The minimum Gasteiger partial charge on any atom is -0.451 e. The summed E-state index contributed by atoms with van der Waals surface area (Å²) in [5.41, 5.74) is 2.63. The first-order valence-electron chi connectivity index (χ1n) is 8.96. The number of aryl methyl sites for hydroxylation is 4. The number of carbonyl (C=O) groups is 2. The number of rotatable bonds is 7. The minimum atomic E-state index is -4.05. The summed E-state index contributed by atoms with van der Waals surface area (Å²) in [5, 5.41) is 6.30. The van der Waals surface area contributed by atoms with Gasteiger partial charge in [-0.05, 0) is 58.7 Å². The van der Waals surface area contributed by atoms with Gasteiger partial charge in [0.05, 0.1) is 0 Å². The summed E-state index contributed by atoms with van der Waals surface area (Å²) in [7, 11) is -4.05. The smallest absolute Gasteiger partial charge is 0.324 e. The highest BCUT2D eigenvalue weighted by atomic mass is 32.2. The summed E-state index contributed by atoms with van der Waals surface area (Å²) in [4.78, 5) is 24.5. The standard InChI is InChI=1S/C19H25N3O6S/c1-10-7-8-11(2)16(9-10)20-18(23)15(6)27-19(24)13(4)22-29(25,26)17-12(3)21-28-14(17)5/h7-9,13,15,22H,1-6H3,(H,20,23)/t13-,15-/m0/s1. The van der Waals surface area contributed by atoms with E-state index in [1.165, 1.54) is 27.7 Å². The molecule has 1 amide bonds. The summed E-state index contributed by atoms with van der Waals surface area (Å²) in [6.45, 7) is 9.41. The third kappa shape index (κ3) is 5.42. The molecule has 158 valence electrons. The zero-order valence-electron chi connectivity index (χ0n) is 17.2. The molecular formula is C19H25N3O6S. The maximum Gasteiger partial charge on any atom is 0.324 e. The van der Waals surface area contributed by atoms with Crippen molar-refractivity contribution in [3.05, 3.63) is 40.8 Å². The van der Waals surface area contributed by atoms with Gasteiger partial charge < -0.3 is 14.6 Å². The van der Waals surface area contributed by atoms with Crippen molar-refractivity contribution < 1.29 is 27.3 Å². The molecule has 1 aromatic heterocycles. The molecule has 0 saturated heterocycles. The van der Waals surface area contributed by atoms with Gasteiger partial charge in [0.2, 0.25) is 10.0 Å². The molecule has 0 radical (unpaired) electrons. The van der Waals surface area contributed by atoms with Crippen LogP contribution in [0, 0.1) is 27.7 Å². The van der Waals surface area contributed by atoms with E-state index in [4.69, 9.17) is 9.26 Å². The number of aromatic nitrogens is 1. The minimum absolute atomic E-state index is 0.108. The molecular weight excluding hydrogens is 398 g/mol. The Morgan fingerprint density at radius 1 is 1.14 bits per heavy atom. The quantitative estimate of drug-likeness (QED) is 0.653. The van der Waals surface area contributed by atoms with Crippen LogP contribution >= 0.6 is 0 Å². The van der Waals surface area contributed by atoms with Crippen molar-refractivity contribution in [2.24, 2.45) is 0 Å². The van der Waals surface area contributed by atoms with Crippen LogP contribution in [0.3, 0.4) is 0 Å². The van der Waals surface area contributed by atoms with E-state index in [0.717, 1.165) is 11.1 Å². The fourth-order valence-corrected chi connectivity index (χ4v) is 4.15. The molecule has 1 aromatic carbocycles. The maximum atomic E-state index is 12.5. The molecule has 2 aromatic rings. The predicted octanol–water partition coefficient (Wildman–Crippen LogP) is 2.15. The lowest BCUT2D eigenvalue weighted by Crippen LogP contribution is -2.42. The number of anilines is 1. The van der Waals surface area contributed by atoms with E-state index >= 15 is 0 Å². The number of esters is 1. The van der Waals surface area contributed by atoms with Gasteiger partial charge in [0.1, 0.15) is 16.6 Å². The Morgan fingerprint density at radius 3 is 2.38 bits per heavy atom. The molecule has 0 fully saturated rings. The van der Waals surface area contributed by atoms with Gasteiger partial charge in [-0.1, -0.05) is 17.3 Å². The second kappa shape index (κ2) is 8.75. The van der Waals surface area contributed by atoms with E-state index in [-0.39, 0.29) is 16.3 Å². The van der Waals surface area contributed by atoms with E-state index in [2.05, 4.69) is 15.2 Å². The molecule has 0 spiro atoms. The molecule has 0 aliphatic rings. The summed E-state index contributed by atoms with van der Waals surface area (Å²) < 4.78 is 37.2. The monoisotopic (exact) mass is 423 g/mol. The highest BCUT2D eigenvalue weighted by molar-refractivity contribution is 7.89. The number of amides is 1. The molecule has 29 heavy (non-hydrogen) atoms. The number of hydrogen-bond acceptors (Lipinski definition) is 7. The van der Waals surface area contributed by atoms with Gasteiger partial charge in [-0.25, -0.2) is 8.42 Å². The lowest BCUT2D eigenvalue weighted by atomic mass is 10.1. The number of benzene rings is 1. The average molecular weight is 423 g/mol. The van der Waals surface area contributed by atoms with Crippen LogP contribution in [0.2, 0.25) is 0 Å². The summed E-state index contributed by atoms with van der Waals surface area (Å²) in [6.07, 6.45) is -1.12. The van der Waals surface area contributed by atoms with Crippen molar-refractivity contribution in [2.45, 2.75) is 58.6 Å². The molecule has 1 heterocycles. The van der Waals surface area contributed by atoms with Crippen LogP contribution in [0.5, 0.6) is 0 Å². The van der Waals surface area contributed by atoms with Crippen molar-refractivity contribution in [1.29, 1.82) is 0 Å². The molecule has 2 N–H and O–H groups in total. The summed E-state index contributed by atoms with van der Waals surface area (Å²) >= 11 is 0. The first kappa shape index (κ1) is 22.6. The van der Waals surface area contributed by atoms with Crippen molar-refractivity contribution in [2.75, 3.05) is 5.32 Å². The summed E-state index contributed by atoms with van der Waals surface area (Å²) in [5.74, 6) is -1.30. The van der Waals surface area contributed by atoms with Gasteiger partial charge in [0, 0.05) is 5.69 Å². The number of ether oxygens (including phenoxy) is 1. The van der Waals surface area contributed by atoms with E-state index in [1.54, 1.807) is 0 Å². The Hall–Kier alpha value is -2.72. The third-order valence-corrected chi connectivity index (χ3v) is 6.02. The topological polar surface area (TPSA) is 128 Å². The average Bonchev–Trinajstić information content (AvgIpc) is 2.96. The van der Waals surface area contributed by atoms with Crippen molar-refractivity contribution in [1.82, 2.24) is 9.88 Å². The van der Waals surface area contributed by atoms with Gasteiger partial charge >= 0.3 is 5.97 Å². The summed E-state index contributed by atoms with van der Waals surface area (Å²) in [6, 6.07) is 4.38. The number of sulfonamides is 1. The van der Waals surface area contributed by atoms with Crippen LogP contribution in [0.4, 0.5) is 5.69 Å². The molecule has 9 nitrogen and oxygen atoms in total. The number of carbonyl (C=O) groups excluding carboxylic acids is 2. The second-order valence-corrected chi connectivity index (χ2v) is 8.53. The molecule has 0 aliphatic carbocycles. The van der Waals surface area contributed by atoms with Crippen LogP contribution in [-0.4, -0.2) is 37.6 Å². The fraction of sp³-hybridized carbons (Fsp3) is 0.421. The number of nitrogens with one attached hydrogen (secondary N) is 2. The molecule has 0 aliphatic heterocycles. The van der Waals surface area contributed by atoms with E-state index in [9.17, 15) is 18.0 Å². The first-order valence-corrected chi connectivity index (χ1v) is 10.4. The van der Waals surface area contributed by atoms with Gasteiger partial charge in [-0.2, -0.15) is 4.72 Å². The van der Waals surface area contributed by atoms with Gasteiger partial charge in [-0.3, -0.25) is 9.59 Å². The van der Waals surface area contributed by atoms with Crippen LogP contribution in [-0.2, 0) is 24.3 Å². The van der Waals surface area contributed by atoms with Crippen LogP contribution in [0.25, 0.3) is 0 Å². The van der Waals surface area contributed by atoms with Crippen LogP contribution < -0.4 is 10.0 Å². The lowest BCUT2D eigenvalue weighted by Gasteiger charge is -2.18. The molecule has 2 atom stereocenters. The number of hydrogen-bond donors (Lipinski definition) is 2. The van der Waals surface area contributed by atoms with E-state index < -0.39 is 34.0 Å². The number of nitrogens with zero attached hydrogens (tertiary/aromatic N) is 1. The van der Waals surface area contributed by atoms with E-state index in [1.807, 2.05) is 32.0 Å². The molecule has 0 saturated carbocycles. The molecule has 0 unspecified atom stereocenters. The van der Waals surface area contributed by atoms with Gasteiger partial charge in [-0.15, -0.1) is 0 Å². The Bertz CT molecular complexity index is 1010. The van der Waals surface area contributed by atoms with Gasteiger partial charge in [0.25, 0.3) is 5.91 Å². The van der Waals surface area contributed by atoms with Crippen LogP contribution in [0.1, 0.15) is 36.4 Å². The fourth-order valence-electron chi connectivity index (χ4n) is 2.63. The predicted molar refractivity (Wildman–Crippen MR) is 106 cm³/mol. The highest BCUT2D eigenvalue weighted by Crippen LogP contribution is 2.19. The normalized spacial score (nSPS) is 13.6. The maximum absolute atomic E-state index is 12.5. The SMILES string of the molecule is Cc1ccc(C)c(NC(=O)[C@H](C)OC(=O)[C@H](C)NS(=O)(=O)c2c(C)noc2C)c1. The zero-order valence-corrected chi connectivity index (χ0v) is 18.0. The van der Waals surface area contributed by atoms with Crippen molar-refractivity contribution in [3.63, 3.8) is 0 Å². The Kier molecular flexibility index (Phi) is 6.81. The van der Waals surface area contributed by atoms with Crippen molar-refractivity contribution >= 4 is 27.6 Å². The first-order chi connectivity index (χ1) is 13.4. The second-order valence-electron chi connectivity index (χ2n) is 6.88. The van der Waals surface area contributed by atoms with Crippen molar-refractivity contribution in [3.8, 4) is 0 Å². The highest BCUT2D eigenvalue weighted by Gasteiger charge is 2.30. The Balaban J connectivity index is 2.01. The third-order valence-electron chi connectivity index (χ3n) is 4.24. The Morgan fingerprint density at radius 2 is 1.79 bits per heavy atom.